The van der Waals surface area contributed by atoms with Gasteiger partial charge in [0.1, 0.15) is 6.10 Å². The normalized spacial score (nSPS) is 25.3. The molecule has 2 saturated heterocycles. The fraction of sp³-hybridized carbons (Fsp3) is 0.611. The van der Waals surface area contributed by atoms with Crippen molar-refractivity contribution in [2.24, 2.45) is 11.8 Å². The Balaban J connectivity index is 0.00000208. The van der Waals surface area contributed by atoms with Crippen LogP contribution in [0.5, 0.6) is 0 Å². The zero-order valence-electron chi connectivity index (χ0n) is 15.2. The second-order valence-electron chi connectivity index (χ2n) is 6.60. The van der Waals surface area contributed by atoms with Gasteiger partial charge in [-0.05, 0) is 37.4 Å². The van der Waals surface area contributed by atoms with Gasteiger partial charge in [0, 0.05) is 43.0 Å². The lowest BCUT2D eigenvalue weighted by Gasteiger charge is -2.49. The van der Waals surface area contributed by atoms with E-state index < -0.39 is 0 Å². The Kier molecular flexibility index (Phi) is 11.1. The molecule has 150 valence electrons. The van der Waals surface area contributed by atoms with Crippen LogP contribution in [0.4, 0.5) is 0 Å². The lowest BCUT2D eigenvalue weighted by Crippen LogP contribution is -2.61. The minimum atomic E-state index is -0.225. The molecule has 1 aromatic rings. The van der Waals surface area contributed by atoms with Crippen molar-refractivity contribution in [3.63, 3.8) is 0 Å². The highest BCUT2D eigenvalue weighted by Gasteiger charge is 2.43. The number of hydrogen-bond donors (Lipinski definition) is 0. The molecule has 1 aromatic carbocycles. The molecule has 2 aliphatic heterocycles. The average Bonchev–Trinajstić information content (AvgIpc) is 2.54. The van der Waals surface area contributed by atoms with Crippen LogP contribution in [0.1, 0.15) is 24.2 Å². The standard InChI is InChI=1S/C18H25ClN2O2.2ClH.H2O/c1-3-20-9-14-11-21(4-2)12-15(10-20)17(14)23-18(22)13-5-7-16(19)8-6-13;;;/h5-8,14-15,17H,3-4,9-12H2,1-2H3;2*1H;1H2. The third kappa shape index (κ3) is 5.72. The van der Waals surface area contributed by atoms with E-state index in [1.54, 1.807) is 24.3 Å². The van der Waals surface area contributed by atoms with Gasteiger partial charge in [0.05, 0.1) is 5.56 Å². The van der Waals surface area contributed by atoms with Crippen LogP contribution in [0.25, 0.3) is 0 Å². The molecule has 2 heterocycles. The summed E-state index contributed by atoms with van der Waals surface area (Å²) in [5, 5.41) is 0.633. The van der Waals surface area contributed by atoms with Crippen molar-refractivity contribution in [3.05, 3.63) is 34.9 Å². The van der Waals surface area contributed by atoms with Gasteiger partial charge >= 0.3 is 5.97 Å². The molecule has 0 aliphatic carbocycles. The summed E-state index contributed by atoms with van der Waals surface area (Å²) in [4.78, 5) is 17.4. The Bertz CT molecular complexity index is 527. The Morgan fingerprint density at radius 3 is 1.81 bits per heavy atom. The highest BCUT2D eigenvalue weighted by atomic mass is 35.5. The van der Waals surface area contributed by atoms with Crippen molar-refractivity contribution in [1.29, 1.82) is 0 Å². The van der Waals surface area contributed by atoms with Crippen LogP contribution in [0.3, 0.4) is 0 Å². The van der Waals surface area contributed by atoms with Crippen molar-refractivity contribution >= 4 is 42.4 Å². The number of hydrogen-bond acceptors (Lipinski definition) is 4. The first-order chi connectivity index (χ1) is 11.1. The first-order valence-corrected chi connectivity index (χ1v) is 8.89. The molecule has 2 N–H and O–H groups in total. The first kappa shape index (κ1) is 25.4. The molecular weight excluding hydrogens is 399 g/mol. The van der Waals surface area contributed by atoms with Gasteiger partial charge < -0.3 is 20.0 Å². The van der Waals surface area contributed by atoms with Gasteiger partial charge in [-0.1, -0.05) is 25.4 Å². The number of fused-ring (bicyclic) bond motifs is 2. The molecule has 8 heteroatoms. The molecule has 0 saturated carbocycles. The van der Waals surface area contributed by atoms with E-state index in [1.165, 1.54) is 0 Å². The minimum absolute atomic E-state index is 0. The Morgan fingerprint density at radius 2 is 1.42 bits per heavy atom. The molecule has 0 aromatic heterocycles. The summed E-state index contributed by atoms with van der Waals surface area (Å²) in [6, 6.07) is 6.94. The van der Waals surface area contributed by atoms with Crippen LogP contribution in [0.15, 0.2) is 24.3 Å². The highest BCUT2D eigenvalue weighted by Crippen LogP contribution is 2.32. The maximum Gasteiger partial charge on any atom is 0.338 e. The van der Waals surface area contributed by atoms with Gasteiger partial charge in [0.2, 0.25) is 0 Å². The number of piperidine rings is 2. The molecule has 0 amide bonds. The summed E-state index contributed by atoms with van der Waals surface area (Å²) in [6.45, 7) is 10.6. The SMILES string of the molecule is CCN1CC2CN(CC)CC(C1)C2OC(=O)c1ccc(Cl)cc1.Cl.Cl.O. The number of rotatable bonds is 4. The second-order valence-corrected chi connectivity index (χ2v) is 7.04. The van der Waals surface area contributed by atoms with Gasteiger partial charge in [-0.3, -0.25) is 0 Å². The van der Waals surface area contributed by atoms with E-state index >= 15 is 0 Å². The maximum atomic E-state index is 12.5. The van der Waals surface area contributed by atoms with Crippen LogP contribution >= 0.6 is 36.4 Å². The molecule has 2 fully saturated rings. The number of nitrogens with zero attached hydrogens (tertiary/aromatic N) is 2. The van der Waals surface area contributed by atoms with Crippen molar-refractivity contribution in [2.45, 2.75) is 20.0 Å². The van der Waals surface area contributed by atoms with Crippen LogP contribution in [-0.4, -0.2) is 66.6 Å². The zero-order chi connectivity index (χ0) is 16.4. The lowest BCUT2D eigenvalue weighted by molar-refractivity contribution is -0.0868. The number of esters is 1. The van der Waals surface area contributed by atoms with Crippen LogP contribution in [0.2, 0.25) is 5.02 Å². The largest absolute Gasteiger partial charge is 0.458 e. The van der Waals surface area contributed by atoms with E-state index in [0.29, 0.717) is 22.4 Å². The predicted octanol–water partition coefficient (Wildman–Crippen LogP) is 2.79. The predicted molar refractivity (Wildman–Crippen MR) is 110 cm³/mol. The van der Waals surface area contributed by atoms with E-state index in [9.17, 15) is 4.79 Å². The van der Waals surface area contributed by atoms with E-state index in [0.717, 1.165) is 39.3 Å². The number of halogens is 3. The lowest BCUT2D eigenvalue weighted by atomic mass is 9.81. The van der Waals surface area contributed by atoms with E-state index in [-0.39, 0.29) is 42.4 Å². The van der Waals surface area contributed by atoms with Gasteiger partial charge in [-0.2, -0.15) is 0 Å². The molecule has 2 bridgehead atoms. The summed E-state index contributed by atoms with van der Waals surface area (Å²) >= 11 is 5.89. The molecule has 26 heavy (non-hydrogen) atoms. The number of carbonyl (C=O) groups excluding carboxylic acids is 1. The van der Waals surface area contributed by atoms with E-state index in [4.69, 9.17) is 16.3 Å². The molecular formula is C18H29Cl3N2O3. The minimum Gasteiger partial charge on any atom is -0.458 e. The van der Waals surface area contributed by atoms with Crippen molar-refractivity contribution in [2.75, 3.05) is 39.3 Å². The second kappa shape index (κ2) is 11.3. The fourth-order valence-corrected chi connectivity index (χ4v) is 4.00. The maximum absolute atomic E-state index is 12.5. The van der Waals surface area contributed by atoms with Crippen LogP contribution in [0, 0.1) is 11.8 Å². The van der Waals surface area contributed by atoms with Crippen molar-refractivity contribution < 1.29 is 15.0 Å². The van der Waals surface area contributed by atoms with E-state index in [2.05, 4.69) is 23.6 Å². The smallest absolute Gasteiger partial charge is 0.338 e. The van der Waals surface area contributed by atoms with E-state index in [1.807, 2.05) is 0 Å². The van der Waals surface area contributed by atoms with Gasteiger partial charge in [0.15, 0.2) is 0 Å². The molecule has 2 aliphatic rings. The summed E-state index contributed by atoms with van der Waals surface area (Å²) in [7, 11) is 0. The number of ether oxygens (including phenoxy) is 1. The third-order valence-corrected chi connectivity index (χ3v) is 5.37. The highest BCUT2D eigenvalue weighted by molar-refractivity contribution is 6.30. The molecule has 0 spiro atoms. The van der Waals surface area contributed by atoms with Crippen LogP contribution < -0.4 is 0 Å². The number of benzene rings is 1. The molecule has 5 nitrogen and oxygen atoms in total. The third-order valence-electron chi connectivity index (χ3n) is 5.12. The fourth-order valence-electron chi connectivity index (χ4n) is 3.88. The Hall–Kier alpha value is -0.560. The zero-order valence-corrected chi connectivity index (χ0v) is 17.6. The Labute approximate surface area is 173 Å². The first-order valence-electron chi connectivity index (χ1n) is 8.52. The topological polar surface area (TPSA) is 64.3 Å². The van der Waals surface area contributed by atoms with Gasteiger partial charge in [-0.15, -0.1) is 24.8 Å². The van der Waals surface area contributed by atoms with Crippen LogP contribution in [-0.2, 0) is 4.74 Å². The summed E-state index contributed by atoms with van der Waals surface area (Å²) in [6.07, 6.45) is 0.0313. The van der Waals surface area contributed by atoms with Gasteiger partial charge in [0.25, 0.3) is 0 Å². The monoisotopic (exact) mass is 426 g/mol. The summed E-state index contributed by atoms with van der Waals surface area (Å²) in [5.74, 6) is 0.578. The number of carbonyl (C=O) groups is 1. The summed E-state index contributed by atoms with van der Waals surface area (Å²) < 4.78 is 5.93. The Morgan fingerprint density at radius 1 is 1.00 bits per heavy atom. The summed E-state index contributed by atoms with van der Waals surface area (Å²) in [5.41, 5.74) is 0.581. The number of likely N-dealkylation sites (tertiary alicyclic amines) is 2. The van der Waals surface area contributed by atoms with Crippen molar-refractivity contribution in [3.8, 4) is 0 Å². The molecule has 0 unspecified atom stereocenters. The molecule has 0 radical (unpaired) electrons. The van der Waals surface area contributed by atoms with Gasteiger partial charge in [-0.25, -0.2) is 4.79 Å². The molecule has 3 rings (SSSR count). The van der Waals surface area contributed by atoms with Crippen molar-refractivity contribution in [1.82, 2.24) is 9.80 Å². The quantitative estimate of drug-likeness (QED) is 0.693. The average molecular weight is 428 g/mol. The molecule has 0 atom stereocenters.